The minimum Gasteiger partial charge on any atom is -0.330 e. The molecule has 0 aromatic rings. The van der Waals surface area contributed by atoms with Crippen molar-refractivity contribution in [3.05, 3.63) is 0 Å². The number of rotatable bonds is 9. The monoisotopic (exact) mass is 264 g/mol. The minimum absolute atomic E-state index is 0.0235. The van der Waals surface area contributed by atoms with E-state index in [1.165, 1.54) is 0 Å². The first kappa shape index (κ1) is 16.9. The zero-order valence-corrected chi connectivity index (χ0v) is 12.4. The van der Waals surface area contributed by atoms with Crippen molar-refractivity contribution in [1.82, 2.24) is 4.72 Å². The van der Waals surface area contributed by atoms with Crippen LogP contribution in [0.5, 0.6) is 0 Å². The van der Waals surface area contributed by atoms with E-state index in [4.69, 9.17) is 5.73 Å². The summed E-state index contributed by atoms with van der Waals surface area (Å²) in [6, 6.07) is 0. The van der Waals surface area contributed by atoms with Gasteiger partial charge >= 0.3 is 0 Å². The third kappa shape index (κ3) is 9.56. The molecule has 0 radical (unpaired) electrons. The van der Waals surface area contributed by atoms with Gasteiger partial charge in [-0.3, -0.25) is 0 Å². The maximum atomic E-state index is 11.7. The first-order valence-electron chi connectivity index (χ1n) is 6.36. The summed E-state index contributed by atoms with van der Waals surface area (Å²) < 4.78 is 26.1. The average molecular weight is 264 g/mol. The van der Waals surface area contributed by atoms with Gasteiger partial charge in [0.25, 0.3) is 0 Å². The third-order valence-corrected chi connectivity index (χ3v) is 4.15. The van der Waals surface area contributed by atoms with E-state index in [0.29, 0.717) is 25.4 Å². The molecule has 0 aliphatic heterocycles. The molecule has 5 heteroatoms. The highest BCUT2D eigenvalue weighted by Gasteiger charge is 2.20. The summed E-state index contributed by atoms with van der Waals surface area (Å²) in [5.74, 6) is 0.634. The Morgan fingerprint density at radius 2 is 1.88 bits per heavy atom. The second-order valence-corrected chi connectivity index (χ2v) is 7.81. The number of hydrogen-bond donors (Lipinski definition) is 2. The van der Waals surface area contributed by atoms with Gasteiger partial charge in [0.05, 0.1) is 5.75 Å². The van der Waals surface area contributed by atoms with Crippen molar-refractivity contribution >= 4 is 10.0 Å². The predicted molar refractivity (Wildman–Crippen MR) is 73.3 cm³/mol. The molecule has 104 valence electrons. The van der Waals surface area contributed by atoms with Crippen LogP contribution in [0.3, 0.4) is 0 Å². The van der Waals surface area contributed by atoms with Crippen molar-refractivity contribution in [2.45, 2.75) is 47.0 Å². The Morgan fingerprint density at radius 1 is 1.29 bits per heavy atom. The van der Waals surface area contributed by atoms with Gasteiger partial charge in [0.1, 0.15) is 0 Å². The van der Waals surface area contributed by atoms with Crippen LogP contribution in [0.25, 0.3) is 0 Å². The highest BCUT2D eigenvalue weighted by molar-refractivity contribution is 7.89. The summed E-state index contributed by atoms with van der Waals surface area (Å²) in [5, 5.41) is 0. The van der Waals surface area contributed by atoms with Gasteiger partial charge in [-0.15, -0.1) is 0 Å². The highest BCUT2D eigenvalue weighted by atomic mass is 32.2. The summed E-state index contributed by atoms with van der Waals surface area (Å²) in [6.07, 6.45) is 2.58. The molecule has 0 saturated carbocycles. The van der Waals surface area contributed by atoms with Crippen molar-refractivity contribution in [3.8, 4) is 0 Å². The highest BCUT2D eigenvalue weighted by Crippen LogP contribution is 2.21. The SMILES string of the molecule is CC(C)CCS(=O)(=O)NCC(C)(C)CCCN. The van der Waals surface area contributed by atoms with Crippen LogP contribution in [-0.4, -0.2) is 27.3 Å². The van der Waals surface area contributed by atoms with Crippen LogP contribution in [0.15, 0.2) is 0 Å². The molecule has 0 aliphatic carbocycles. The molecule has 0 amide bonds. The minimum atomic E-state index is -3.12. The molecule has 0 unspecified atom stereocenters. The molecule has 0 saturated heterocycles. The zero-order valence-electron chi connectivity index (χ0n) is 11.6. The summed E-state index contributed by atoms with van der Waals surface area (Å²) in [7, 11) is -3.12. The van der Waals surface area contributed by atoms with E-state index < -0.39 is 10.0 Å². The van der Waals surface area contributed by atoms with Crippen LogP contribution >= 0.6 is 0 Å². The van der Waals surface area contributed by atoms with E-state index in [2.05, 4.69) is 18.6 Å². The van der Waals surface area contributed by atoms with Crippen LogP contribution in [-0.2, 0) is 10.0 Å². The van der Waals surface area contributed by atoms with Crippen LogP contribution in [0.2, 0.25) is 0 Å². The standard InChI is InChI=1S/C12H28N2O2S/c1-11(2)6-9-17(15,16)14-10-12(3,4)7-5-8-13/h11,14H,5-10,13H2,1-4H3. The smallest absolute Gasteiger partial charge is 0.211 e. The molecule has 0 rings (SSSR count). The molecule has 0 fully saturated rings. The topological polar surface area (TPSA) is 72.2 Å². The van der Waals surface area contributed by atoms with Gasteiger partial charge in [-0.25, -0.2) is 13.1 Å². The van der Waals surface area contributed by atoms with Crippen LogP contribution in [0.4, 0.5) is 0 Å². The molecule has 0 atom stereocenters. The van der Waals surface area contributed by atoms with Gasteiger partial charge in [-0.05, 0) is 37.1 Å². The molecule has 4 nitrogen and oxygen atoms in total. The van der Waals surface area contributed by atoms with Gasteiger partial charge in [0.15, 0.2) is 0 Å². The fraction of sp³-hybridized carbons (Fsp3) is 1.00. The summed E-state index contributed by atoms with van der Waals surface area (Å²) in [4.78, 5) is 0. The summed E-state index contributed by atoms with van der Waals surface area (Å²) in [5.41, 5.74) is 5.44. The van der Waals surface area contributed by atoms with Gasteiger partial charge in [-0.1, -0.05) is 27.7 Å². The quantitative estimate of drug-likeness (QED) is 0.666. The first-order chi connectivity index (χ1) is 7.68. The van der Waals surface area contributed by atoms with Crippen molar-refractivity contribution in [3.63, 3.8) is 0 Å². The molecular weight excluding hydrogens is 236 g/mol. The average Bonchev–Trinajstić information content (AvgIpc) is 2.22. The molecular formula is C12H28N2O2S. The molecule has 0 aliphatic rings. The maximum absolute atomic E-state index is 11.7. The Bertz CT molecular complexity index is 298. The van der Waals surface area contributed by atoms with Crippen LogP contribution < -0.4 is 10.5 Å². The zero-order chi connectivity index (χ0) is 13.5. The number of hydrogen-bond acceptors (Lipinski definition) is 3. The van der Waals surface area contributed by atoms with Crippen LogP contribution in [0, 0.1) is 11.3 Å². The molecule has 3 N–H and O–H groups in total. The Hall–Kier alpha value is -0.130. The van der Waals surface area contributed by atoms with Crippen LogP contribution in [0.1, 0.15) is 47.0 Å². The molecule has 17 heavy (non-hydrogen) atoms. The van der Waals surface area contributed by atoms with E-state index in [1.807, 2.05) is 13.8 Å². The van der Waals surface area contributed by atoms with Crippen molar-refractivity contribution in [1.29, 1.82) is 0 Å². The molecule has 0 bridgehead atoms. The largest absolute Gasteiger partial charge is 0.330 e. The van der Waals surface area contributed by atoms with Crippen molar-refractivity contribution < 1.29 is 8.42 Å². The number of nitrogens with two attached hydrogens (primary N) is 1. The predicted octanol–water partition coefficient (Wildman–Crippen LogP) is 1.72. The van der Waals surface area contributed by atoms with E-state index in [0.717, 1.165) is 12.8 Å². The van der Waals surface area contributed by atoms with Crippen molar-refractivity contribution in [2.75, 3.05) is 18.8 Å². The Morgan fingerprint density at radius 3 is 2.35 bits per heavy atom. The molecule has 0 aromatic carbocycles. The van der Waals surface area contributed by atoms with E-state index in [9.17, 15) is 8.42 Å². The van der Waals surface area contributed by atoms with Gasteiger partial charge in [0, 0.05) is 6.54 Å². The van der Waals surface area contributed by atoms with Gasteiger partial charge in [-0.2, -0.15) is 0 Å². The number of sulfonamides is 1. The van der Waals surface area contributed by atoms with E-state index >= 15 is 0 Å². The number of nitrogens with one attached hydrogen (secondary N) is 1. The normalized spacial score (nSPS) is 13.3. The molecule has 0 heterocycles. The lowest BCUT2D eigenvalue weighted by molar-refractivity contribution is 0.327. The Balaban J connectivity index is 4.07. The fourth-order valence-electron chi connectivity index (χ4n) is 1.44. The first-order valence-corrected chi connectivity index (χ1v) is 8.01. The second kappa shape index (κ2) is 7.34. The summed E-state index contributed by atoms with van der Waals surface area (Å²) >= 11 is 0. The second-order valence-electron chi connectivity index (χ2n) is 5.88. The molecule has 0 aromatic heterocycles. The maximum Gasteiger partial charge on any atom is 0.211 e. The lowest BCUT2D eigenvalue weighted by Crippen LogP contribution is -2.35. The van der Waals surface area contributed by atoms with E-state index in [-0.39, 0.29) is 11.2 Å². The van der Waals surface area contributed by atoms with E-state index in [1.54, 1.807) is 0 Å². The van der Waals surface area contributed by atoms with Crippen molar-refractivity contribution in [2.24, 2.45) is 17.1 Å². The Kier molecular flexibility index (Phi) is 7.28. The lowest BCUT2D eigenvalue weighted by Gasteiger charge is -2.24. The van der Waals surface area contributed by atoms with Gasteiger partial charge < -0.3 is 5.73 Å². The lowest BCUT2D eigenvalue weighted by atomic mass is 9.88. The molecule has 0 spiro atoms. The summed E-state index contributed by atoms with van der Waals surface area (Å²) in [6.45, 7) is 9.33. The third-order valence-electron chi connectivity index (χ3n) is 2.79. The van der Waals surface area contributed by atoms with Gasteiger partial charge in [0.2, 0.25) is 10.0 Å². The fourth-order valence-corrected chi connectivity index (χ4v) is 2.97. The Labute approximate surface area is 106 Å².